The Morgan fingerprint density at radius 1 is 0.591 bits per heavy atom. The lowest BCUT2D eigenvalue weighted by molar-refractivity contribution is 0.280. The summed E-state index contributed by atoms with van der Waals surface area (Å²) in [5.41, 5.74) is 0. The van der Waals surface area contributed by atoms with E-state index in [0.29, 0.717) is 0 Å². The van der Waals surface area contributed by atoms with Crippen molar-refractivity contribution in [2.45, 2.75) is 26.7 Å². The molecule has 1 aliphatic carbocycles. The molecule has 0 atom stereocenters. The molecule has 0 saturated heterocycles. The highest BCUT2D eigenvalue weighted by atomic mass is 35.6. The van der Waals surface area contributed by atoms with Crippen LogP contribution in [0.4, 0.5) is 0 Å². The number of nitrogens with one attached hydrogen (secondary N) is 1. The van der Waals surface area contributed by atoms with E-state index in [1.165, 1.54) is 4.72 Å². The van der Waals surface area contributed by atoms with Crippen molar-refractivity contribution in [2.75, 3.05) is 0 Å². The predicted octanol–water partition coefficient (Wildman–Crippen LogP) is 5.20. The van der Waals surface area contributed by atoms with Gasteiger partial charge in [-0.25, -0.2) is 0 Å². The van der Waals surface area contributed by atoms with Gasteiger partial charge < -0.3 is 0 Å². The van der Waals surface area contributed by atoms with Crippen molar-refractivity contribution in [3.63, 3.8) is 0 Å². The molecule has 1 aliphatic rings. The summed E-state index contributed by atoms with van der Waals surface area (Å²) in [6, 6.07) is 0. The molecule has 132 valence electrons. The summed E-state index contributed by atoms with van der Waals surface area (Å²) in [6.07, 6.45) is 0. The molecule has 1 saturated carbocycles. The van der Waals surface area contributed by atoms with Crippen LogP contribution in [0.5, 0.6) is 0 Å². The third-order valence-electron chi connectivity index (χ3n) is 2.71. The van der Waals surface area contributed by atoms with Gasteiger partial charge in [0.25, 0.3) is 0 Å². The van der Waals surface area contributed by atoms with Crippen LogP contribution in [0.3, 0.4) is 0 Å². The van der Waals surface area contributed by atoms with Crippen molar-refractivity contribution >= 4 is 138 Å². The van der Waals surface area contributed by atoms with Crippen molar-refractivity contribution in [3.8, 4) is 0 Å². The molecule has 1 fully saturated rings. The average molecular weight is 558 g/mol. The van der Waals surface area contributed by atoms with E-state index in [0.717, 1.165) is 0 Å². The van der Waals surface area contributed by atoms with Crippen molar-refractivity contribution in [1.82, 2.24) is 4.72 Å². The Balaban J connectivity index is 3.85. The Hall–Kier alpha value is 3.06. The first kappa shape index (κ1) is 23.1. The molecule has 0 aromatic carbocycles. The summed E-state index contributed by atoms with van der Waals surface area (Å²) in [5.74, 6) is 0. The van der Waals surface area contributed by atoms with Crippen LogP contribution in [-0.2, 0) is 10.3 Å². The highest BCUT2D eigenvalue weighted by Crippen LogP contribution is 2.76. The lowest BCUT2D eigenvalue weighted by Gasteiger charge is -2.62. The number of halogens is 11. The third kappa shape index (κ3) is 2.82. The van der Waals surface area contributed by atoms with Crippen molar-refractivity contribution in [2.24, 2.45) is 0 Å². The number of rotatable bonds is 2. The third-order valence-corrected chi connectivity index (χ3v) is 11.7. The Labute approximate surface area is 180 Å². The van der Waals surface area contributed by atoms with Crippen LogP contribution < -0.4 is 4.72 Å². The molecule has 0 aromatic rings. The standard InChI is InChI=1S/C6H2Cl11NO3S/c7-1(8)2(9,10)4(13,14)6(17,18-22(19,20)21)5(15,16)3(1,11)12/h18H,(H,19,20,21). The molecular formula is C6H2Cl11NO3S. The minimum atomic E-state index is -5.10. The summed E-state index contributed by atoms with van der Waals surface area (Å²) in [7, 11) is -5.10. The molecule has 0 unspecified atom stereocenters. The number of alkyl halides is 11. The zero-order valence-electron chi connectivity index (χ0n) is 9.33. The van der Waals surface area contributed by atoms with Crippen LogP contribution in [0.2, 0.25) is 0 Å². The molecule has 0 aliphatic heterocycles. The van der Waals surface area contributed by atoms with Crippen molar-refractivity contribution in [3.05, 3.63) is 0 Å². The van der Waals surface area contributed by atoms with Crippen LogP contribution in [0.25, 0.3) is 0 Å². The molecule has 0 spiro atoms. The number of hydrogen-bond acceptors (Lipinski definition) is 2. The van der Waals surface area contributed by atoms with Crippen LogP contribution in [0, 0.1) is 0 Å². The van der Waals surface area contributed by atoms with Gasteiger partial charge in [-0.05, 0) is 0 Å². The second-order valence-electron chi connectivity index (χ2n) is 4.11. The summed E-state index contributed by atoms with van der Waals surface area (Å²) in [6.45, 7) is 0. The topological polar surface area (TPSA) is 66.4 Å². The minimum absolute atomic E-state index is 1.37. The van der Waals surface area contributed by atoms with Gasteiger partial charge in [0.15, 0.2) is 26.7 Å². The second-order valence-corrected chi connectivity index (χ2v) is 12.5. The molecule has 0 radical (unpaired) electrons. The highest BCUT2D eigenvalue weighted by Gasteiger charge is 2.88. The zero-order valence-corrected chi connectivity index (χ0v) is 18.5. The van der Waals surface area contributed by atoms with E-state index in [1.54, 1.807) is 0 Å². The van der Waals surface area contributed by atoms with Crippen LogP contribution in [0.1, 0.15) is 0 Å². The molecule has 2 N–H and O–H groups in total. The van der Waals surface area contributed by atoms with E-state index in [4.69, 9.17) is 132 Å². The van der Waals surface area contributed by atoms with Gasteiger partial charge in [-0.2, -0.15) is 13.1 Å². The Morgan fingerprint density at radius 3 is 1.05 bits per heavy atom. The molecule has 4 nitrogen and oxygen atoms in total. The fourth-order valence-electron chi connectivity index (χ4n) is 1.53. The zero-order chi connectivity index (χ0) is 18.2. The van der Waals surface area contributed by atoms with Gasteiger partial charge in [-0.3, -0.25) is 4.55 Å². The van der Waals surface area contributed by atoms with E-state index in [9.17, 15) is 8.42 Å². The molecule has 1 rings (SSSR count). The van der Waals surface area contributed by atoms with Crippen molar-refractivity contribution < 1.29 is 13.0 Å². The lowest BCUT2D eigenvalue weighted by Crippen LogP contribution is -2.83. The quantitative estimate of drug-likeness (QED) is 0.279. The van der Waals surface area contributed by atoms with Gasteiger partial charge in [-0.1, -0.05) is 128 Å². The SMILES string of the molecule is O=S(=O)(O)NC1(Cl)C(Cl)(Cl)C(Cl)(Cl)C(Cl)(Cl)C(Cl)(Cl)C1(Cl)Cl. The Morgan fingerprint density at radius 2 is 0.818 bits per heavy atom. The van der Waals surface area contributed by atoms with Gasteiger partial charge in [0.1, 0.15) is 0 Å². The van der Waals surface area contributed by atoms with Gasteiger partial charge in [0, 0.05) is 0 Å². The first-order valence-corrected chi connectivity index (χ1v) is 10.1. The van der Waals surface area contributed by atoms with Crippen molar-refractivity contribution in [1.29, 1.82) is 0 Å². The molecule has 0 heterocycles. The normalized spacial score (nSPS) is 30.7. The lowest BCUT2D eigenvalue weighted by atomic mass is 9.90. The first-order chi connectivity index (χ1) is 9.21. The number of hydrogen-bond donors (Lipinski definition) is 2. The van der Waals surface area contributed by atoms with E-state index in [-0.39, 0.29) is 0 Å². The fourth-order valence-corrected chi connectivity index (χ4v) is 6.98. The van der Waals surface area contributed by atoms with E-state index < -0.39 is 37.0 Å². The molecular weight excluding hydrogens is 556 g/mol. The molecule has 0 amide bonds. The Bertz CT molecular complexity index is 555. The minimum Gasteiger partial charge on any atom is -0.273 e. The van der Waals surface area contributed by atoms with E-state index in [1.807, 2.05) is 0 Å². The summed E-state index contributed by atoms with van der Waals surface area (Å²) < 4.78 is 18.8. The van der Waals surface area contributed by atoms with Gasteiger partial charge in [-0.15, -0.1) is 0 Å². The monoisotopic (exact) mass is 553 g/mol. The highest BCUT2D eigenvalue weighted by molar-refractivity contribution is 7.83. The van der Waals surface area contributed by atoms with E-state index in [2.05, 4.69) is 0 Å². The van der Waals surface area contributed by atoms with Crippen LogP contribution in [0.15, 0.2) is 0 Å². The summed E-state index contributed by atoms with van der Waals surface area (Å²) in [4.78, 5) is -2.97. The maximum absolute atomic E-state index is 11.2. The van der Waals surface area contributed by atoms with Gasteiger partial charge in [0.2, 0.25) is 0 Å². The fraction of sp³-hybridized carbons (Fsp3) is 1.00. The van der Waals surface area contributed by atoms with Gasteiger partial charge in [0.05, 0.1) is 0 Å². The second kappa shape index (κ2) is 6.03. The summed E-state index contributed by atoms with van der Waals surface area (Å²) in [5, 5.41) is 0. The van der Waals surface area contributed by atoms with E-state index >= 15 is 0 Å². The predicted molar refractivity (Wildman–Crippen MR) is 95.5 cm³/mol. The largest absolute Gasteiger partial charge is 0.335 e. The maximum Gasteiger partial charge on any atom is 0.335 e. The maximum atomic E-state index is 11.2. The summed E-state index contributed by atoms with van der Waals surface area (Å²) >= 11 is 65.4. The molecule has 0 bridgehead atoms. The molecule has 0 aromatic heterocycles. The average Bonchev–Trinajstić information content (AvgIpc) is 2.23. The van der Waals surface area contributed by atoms with Gasteiger partial charge >= 0.3 is 10.3 Å². The van der Waals surface area contributed by atoms with Crippen LogP contribution >= 0.6 is 128 Å². The molecule has 22 heavy (non-hydrogen) atoms. The molecule has 16 heteroatoms. The first-order valence-electron chi connectivity index (χ1n) is 4.55. The Kier molecular flexibility index (Phi) is 6.33. The smallest absolute Gasteiger partial charge is 0.273 e. The van der Waals surface area contributed by atoms with Crippen LogP contribution in [-0.4, -0.2) is 39.6 Å².